The Morgan fingerprint density at radius 2 is 1.69 bits per heavy atom. The van der Waals surface area contributed by atoms with Gasteiger partial charge in [0.1, 0.15) is 0 Å². The maximum Gasteiger partial charge on any atom is 0.253 e. The second kappa shape index (κ2) is 8.08. The topological polar surface area (TPSA) is 60.9 Å². The molecule has 140 valence electrons. The van der Waals surface area contributed by atoms with Gasteiger partial charge in [0, 0.05) is 56.3 Å². The summed E-state index contributed by atoms with van der Waals surface area (Å²) < 4.78 is 0. The smallest absolute Gasteiger partial charge is 0.253 e. The molecule has 0 aromatic heterocycles. The molecule has 6 nitrogen and oxygen atoms in total. The number of likely N-dealkylation sites (tertiary alicyclic amines) is 1. The Bertz CT molecular complexity index is 684. The number of hydrogen-bond acceptors (Lipinski definition) is 3. The minimum absolute atomic E-state index is 0.0375. The molecule has 1 atom stereocenters. The van der Waals surface area contributed by atoms with E-state index in [-0.39, 0.29) is 23.6 Å². The first-order valence-electron chi connectivity index (χ1n) is 9.11. The van der Waals surface area contributed by atoms with Gasteiger partial charge >= 0.3 is 0 Å². The summed E-state index contributed by atoms with van der Waals surface area (Å²) in [4.78, 5) is 42.5. The minimum atomic E-state index is -0.243. The molecule has 1 unspecified atom stereocenters. The van der Waals surface area contributed by atoms with E-state index in [0.29, 0.717) is 56.3 Å². The average molecular weight is 378 g/mol. The van der Waals surface area contributed by atoms with Crippen molar-refractivity contribution in [3.05, 3.63) is 34.9 Å². The zero-order valence-electron chi connectivity index (χ0n) is 15.0. The van der Waals surface area contributed by atoms with Gasteiger partial charge in [-0.3, -0.25) is 14.4 Å². The van der Waals surface area contributed by atoms with Crippen LogP contribution in [0.25, 0.3) is 0 Å². The Morgan fingerprint density at radius 1 is 1.08 bits per heavy atom. The zero-order valence-corrected chi connectivity index (χ0v) is 15.7. The molecule has 3 rings (SSSR count). The zero-order chi connectivity index (χ0) is 18.7. The fourth-order valence-corrected chi connectivity index (χ4v) is 3.71. The lowest BCUT2D eigenvalue weighted by Crippen LogP contribution is -2.52. The fraction of sp³-hybridized carbons (Fsp3) is 0.526. The molecule has 0 saturated carbocycles. The monoisotopic (exact) mass is 377 g/mol. The van der Waals surface area contributed by atoms with E-state index in [2.05, 4.69) is 0 Å². The van der Waals surface area contributed by atoms with Gasteiger partial charge in [-0.2, -0.15) is 0 Å². The third-order valence-corrected chi connectivity index (χ3v) is 5.28. The largest absolute Gasteiger partial charge is 0.342 e. The number of amides is 3. The van der Waals surface area contributed by atoms with Crippen molar-refractivity contribution in [1.29, 1.82) is 0 Å². The molecule has 1 aromatic carbocycles. The van der Waals surface area contributed by atoms with Crippen LogP contribution in [0.1, 0.15) is 30.1 Å². The molecule has 0 aliphatic carbocycles. The molecule has 3 amide bonds. The molecule has 2 saturated heterocycles. The van der Waals surface area contributed by atoms with Gasteiger partial charge in [-0.25, -0.2) is 0 Å². The molecule has 7 heteroatoms. The van der Waals surface area contributed by atoms with Crippen LogP contribution in [0.15, 0.2) is 24.3 Å². The van der Waals surface area contributed by atoms with Gasteiger partial charge in [-0.1, -0.05) is 18.5 Å². The number of halogens is 1. The Labute approximate surface area is 158 Å². The first-order chi connectivity index (χ1) is 12.5. The average Bonchev–Trinajstić information content (AvgIpc) is 3.02. The van der Waals surface area contributed by atoms with Gasteiger partial charge in [0.05, 0.1) is 5.92 Å². The van der Waals surface area contributed by atoms with E-state index in [0.717, 1.165) is 6.42 Å². The number of hydrogen-bond donors (Lipinski definition) is 0. The number of carbonyl (C=O) groups is 3. The van der Waals surface area contributed by atoms with Crippen LogP contribution >= 0.6 is 11.6 Å². The van der Waals surface area contributed by atoms with Crippen LogP contribution in [-0.4, -0.2) is 71.7 Å². The molecule has 1 aromatic rings. The highest BCUT2D eigenvalue weighted by atomic mass is 35.5. The summed E-state index contributed by atoms with van der Waals surface area (Å²) in [6.07, 6.45) is 1.21. The quantitative estimate of drug-likeness (QED) is 0.805. The molecule has 2 fully saturated rings. The highest BCUT2D eigenvalue weighted by molar-refractivity contribution is 6.30. The maximum absolute atomic E-state index is 12.7. The van der Waals surface area contributed by atoms with E-state index in [1.807, 2.05) is 6.92 Å². The van der Waals surface area contributed by atoms with E-state index >= 15 is 0 Å². The van der Waals surface area contributed by atoms with Crippen molar-refractivity contribution < 1.29 is 14.4 Å². The molecule has 0 spiro atoms. The van der Waals surface area contributed by atoms with Gasteiger partial charge in [0.2, 0.25) is 11.8 Å². The molecule has 2 heterocycles. The molecule has 2 aliphatic heterocycles. The first kappa shape index (κ1) is 18.7. The second-order valence-corrected chi connectivity index (χ2v) is 7.30. The normalized spacial score (nSPS) is 20.6. The predicted octanol–water partition coefficient (Wildman–Crippen LogP) is 1.88. The molecule has 2 aliphatic rings. The summed E-state index contributed by atoms with van der Waals surface area (Å²) in [5.41, 5.74) is 0.603. The third-order valence-electron chi connectivity index (χ3n) is 5.03. The molecule has 26 heavy (non-hydrogen) atoms. The lowest BCUT2D eigenvalue weighted by atomic mass is 10.1. The van der Waals surface area contributed by atoms with Crippen molar-refractivity contribution in [2.75, 3.05) is 39.3 Å². The number of piperazine rings is 1. The van der Waals surface area contributed by atoms with Crippen LogP contribution in [0, 0.1) is 5.92 Å². The number of nitrogens with zero attached hydrogens (tertiary/aromatic N) is 3. The summed E-state index contributed by atoms with van der Waals surface area (Å²) in [5.74, 6) is -0.177. The van der Waals surface area contributed by atoms with Crippen molar-refractivity contribution >= 4 is 29.3 Å². The van der Waals surface area contributed by atoms with Crippen LogP contribution in [0.2, 0.25) is 5.02 Å². The Hall–Kier alpha value is -2.08. The Kier molecular flexibility index (Phi) is 5.81. The minimum Gasteiger partial charge on any atom is -0.342 e. The lowest BCUT2D eigenvalue weighted by Gasteiger charge is -2.36. The van der Waals surface area contributed by atoms with Gasteiger partial charge < -0.3 is 14.7 Å². The van der Waals surface area contributed by atoms with E-state index in [1.165, 1.54) is 0 Å². The molecule has 0 bridgehead atoms. The molecule has 0 N–H and O–H groups in total. The highest BCUT2D eigenvalue weighted by Crippen LogP contribution is 2.21. The van der Waals surface area contributed by atoms with Gasteiger partial charge in [-0.05, 0) is 30.7 Å². The van der Waals surface area contributed by atoms with Crippen LogP contribution in [0.5, 0.6) is 0 Å². The standard InChI is InChI=1S/C19H24ClN3O3/c1-2-7-23-13-15(12-17(23)24)19(26)22-10-8-21(9-11-22)18(25)14-3-5-16(20)6-4-14/h3-6,15H,2,7-13H2,1H3. The van der Waals surface area contributed by atoms with Crippen LogP contribution in [0.4, 0.5) is 0 Å². The fourth-order valence-electron chi connectivity index (χ4n) is 3.59. The summed E-state index contributed by atoms with van der Waals surface area (Å²) in [6.45, 7) is 5.30. The van der Waals surface area contributed by atoms with Crippen LogP contribution < -0.4 is 0 Å². The summed E-state index contributed by atoms with van der Waals surface area (Å²) in [5, 5.41) is 0.597. The van der Waals surface area contributed by atoms with E-state index in [9.17, 15) is 14.4 Å². The maximum atomic E-state index is 12.7. The van der Waals surface area contributed by atoms with Gasteiger partial charge in [-0.15, -0.1) is 0 Å². The number of carbonyl (C=O) groups excluding carboxylic acids is 3. The van der Waals surface area contributed by atoms with E-state index < -0.39 is 0 Å². The summed E-state index contributed by atoms with van der Waals surface area (Å²) in [7, 11) is 0. The molecule has 0 radical (unpaired) electrons. The predicted molar refractivity (Wildman–Crippen MR) is 98.9 cm³/mol. The van der Waals surface area contributed by atoms with Crippen LogP contribution in [-0.2, 0) is 9.59 Å². The highest BCUT2D eigenvalue weighted by Gasteiger charge is 2.37. The molecular weight excluding hydrogens is 354 g/mol. The van der Waals surface area contributed by atoms with E-state index in [1.54, 1.807) is 39.0 Å². The van der Waals surface area contributed by atoms with Crippen molar-refractivity contribution in [2.24, 2.45) is 5.92 Å². The van der Waals surface area contributed by atoms with Gasteiger partial charge in [0.25, 0.3) is 5.91 Å². The first-order valence-corrected chi connectivity index (χ1v) is 9.48. The molecular formula is C19H24ClN3O3. The summed E-state index contributed by atoms with van der Waals surface area (Å²) in [6, 6.07) is 6.84. The SMILES string of the molecule is CCCN1CC(C(=O)N2CCN(C(=O)c3ccc(Cl)cc3)CC2)CC1=O. The van der Waals surface area contributed by atoms with Crippen molar-refractivity contribution in [3.8, 4) is 0 Å². The summed E-state index contributed by atoms with van der Waals surface area (Å²) >= 11 is 5.86. The van der Waals surface area contributed by atoms with Gasteiger partial charge in [0.15, 0.2) is 0 Å². The number of rotatable bonds is 4. The van der Waals surface area contributed by atoms with Crippen molar-refractivity contribution in [1.82, 2.24) is 14.7 Å². The second-order valence-electron chi connectivity index (χ2n) is 6.87. The van der Waals surface area contributed by atoms with Crippen LogP contribution in [0.3, 0.4) is 0 Å². The van der Waals surface area contributed by atoms with Crippen molar-refractivity contribution in [3.63, 3.8) is 0 Å². The Balaban J connectivity index is 1.53. The van der Waals surface area contributed by atoms with E-state index in [4.69, 9.17) is 11.6 Å². The lowest BCUT2D eigenvalue weighted by molar-refractivity contribution is -0.137. The van der Waals surface area contributed by atoms with Crippen molar-refractivity contribution in [2.45, 2.75) is 19.8 Å². The third kappa shape index (κ3) is 4.01. The Morgan fingerprint density at radius 3 is 2.31 bits per heavy atom. The number of benzene rings is 1.